The maximum Gasteiger partial charge on any atom is 0.221 e. The highest BCUT2D eigenvalue weighted by Crippen LogP contribution is 2.23. The topological polar surface area (TPSA) is 88.2 Å². The van der Waals surface area contributed by atoms with Crippen LogP contribution in [-0.2, 0) is 24.9 Å². The fraction of sp³-hybridized carbons (Fsp3) is 0.611. The molecule has 8 nitrogen and oxygen atoms in total. The van der Waals surface area contributed by atoms with Gasteiger partial charge < -0.3 is 10.4 Å². The summed E-state index contributed by atoms with van der Waals surface area (Å²) in [6, 6.07) is 3.93. The summed E-state index contributed by atoms with van der Waals surface area (Å²) in [7, 11) is 1.81. The molecule has 0 aromatic carbocycles. The van der Waals surface area contributed by atoms with Crippen LogP contribution >= 0.6 is 0 Å². The maximum atomic E-state index is 11.9. The molecule has 0 saturated heterocycles. The van der Waals surface area contributed by atoms with E-state index in [2.05, 4.69) is 20.4 Å². The van der Waals surface area contributed by atoms with E-state index in [1.54, 1.807) is 16.9 Å². The zero-order valence-electron chi connectivity index (χ0n) is 15.7. The predicted molar refractivity (Wildman–Crippen MR) is 97.3 cm³/mol. The first-order chi connectivity index (χ1) is 12.4. The number of aliphatic hydroxyl groups is 1. The Labute approximate surface area is 153 Å². The number of aromatic nitrogens is 4. The average Bonchev–Trinajstić information content (AvgIpc) is 3.13. The van der Waals surface area contributed by atoms with E-state index in [9.17, 15) is 9.90 Å². The quantitative estimate of drug-likeness (QED) is 0.796. The van der Waals surface area contributed by atoms with Gasteiger partial charge in [-0.05, 0) is 32.4 Å². The number of fused-ring (bicyclic) bond motifs is 1. The Hall–Kier alpha value is -2.19. The predicted octanol–water partition coefficient (Wildman–Crippen LogP) is 0.819. The van der Waals surface area contributed by atoms with Crippen molar-refractivity contribution < 1.29 is 9.90 Å². The molecule has 2 N–H and O–H groups in total. The van der Waals surface area contributed by atoms with Gasteiger partial charge in [0.2, 0.25) is 5.91 Å². The molecule has 0 fully saturated rings. The van der Waals surface area contributed by atoms with Gasteiger partial charge in [-0.1, -0.05) is 0 Å². The summed E-state index contributed by atoms with van der Waals surface area (Å²) in [5, 5.41) is 22.2. The second-order valence-electron chi connectivity index (χ2n) is 7.17. The van der Waals surface area contributed by atoms with E-state index >= 15 is 0 Å². The number of rotatable bonds is 6. The van der Waals surface area contributed by atoms with E-state index in [-0.39, 0.29) is 11.9 Å². The third-order valence-corrected chi connectivity index (χ3v) is 4.64. The Kier molecular flexibility index (Phi) is 5.73. The molecule has 0 aliphatic carbocycles. The SMILES string of the molecule is CC(C)NC(=O)CCN1CCCn2nc([C@@H](O)c3ccnn3C)cc2C1. The summed E-state index contributed by atoms with van der Waals surface area (Å²) in [5.41, 5.74) is 2.44. The van der Waals surface area contributed by atoms with Gasteiger partial charge in [-0.15, -0.1) is 0 Å². The summed E-state index contributed by atoms with van der Waals surface area (Å²) in [4.78, 5) is 14.2. The molecule has 8 heteroatoms. The number of aliphatic hydroxyl groups excluding tert-OH is 1. The largest absolute Gasteiger partial charge is 0.380 e. The Bertz CT molecular complexity index is 751. The lowest BCUT2D eigenvalue weighted by molar-refractivity contribution is -0.121. The van der Waals surface area contributed by atoms with Crippen LogP contribution in [0.2, 0.25) is 0 Å². The van der Waals surface area contributed by atoms with E-state index in [1.165, 1.54) is 0 Å². The highest BCUT2D eigenvalue weighted by atomic mass is 16.3. The van der Waals surface area contributed by atoms with Crippen molar-refractivity contribution in [3.63, 3.8) is 0 Å². The number of carbonyl (C=O) groups excluding carboxylic acids is 1. The molecule has 1 amide bonds. The van der Waals surface area contributed by atoms with E-state index in [0.717, 1.165) is 44.0 Å². The number of nitrogens with zero attached hydrogens (tertiary/aromatic N) is 5. The van der Waals surface area contributed by atoms with Gasteiger partial charge >= 0.3 is 0 Å². The van der Waals surface area contributed by atoms with Crippen LogP contribution in [0.3, 0.4) is 0 Å². The molecule has 0 saturated carbocycles. The van der Waals surface area contributed by atoms with Gasteiger partial charge in [0.1, 0.15) is 6.10 Å². The fourth-order valence-corrected chi connectivity index (χ4v) is 3.33. The molecule has 0 bridgehead atoms. The van der Waals surface area contributed by atoms with Crippen LogP contribution in [0.4, 0.5) is 0 Å². The number of amides is 1. The lowest BCUT2D eigenvalue weighted by Crippen LogP contribution is -2.34. The van der Waals surface area contributed by atoms with Gasteiger partial charge in [0.25, 0.3) is 0 Å². The van der Waals surface area contributed by atoms with Crippen LogP contribution < -0.4 is 5.32 Å². The molecule has 1 atom stereocenters. The van der Waals surface area contributed by atoms with Crippen molar-refractivity contribution in [3.05, 3.63) is 35.4 Å². The highest BCUT2D eigenvalue weighted by Gasteiger charge is 2.22. The van der Waals surface area contributed by atoms with E-state index in [4.69, 9.17) is 0 Å². The Balaban J connectivity index is 1.66. The number of nitrogens with one attached hydrogen (secondary N) is 1. The number of carbonyl (C=O) groups is 1. The van der Waals surface area contributed by atoms with Crippen molar-refractivity contribution >= 4 is 5.91 Å². The molecule has 1 aliphatic heterocycles. The van der Waals surface area contributed by atoms with Crippen LogP contribution in [0, 0.1) is 0 Å². The fourth-order valence-electron chi connectivity index (χ4n) is 3.33. The smallest absolute Gasteiger partial charge is 0.221 e. The van der Waals surface area contributed by atoms with Gasteiger partial charge in [0.15, 0.2) is 0 Å². The minimum Gasteiger partial charge on any atom is -0.380 e. The van der Waals surface area contributed by atoms with Crippen LogP contribution in [-0.4, -0.2) is 54.6 Å². The molecule has 2 aromatic rings. The number of hydrogen-bond donors (Lipinski definition) is 2. The number of hydrogen-bond acceptors (Lipinski definition) is 5. The van der Waals surface area contributed by atoms with Crippen molar-refractivity contribution in [3.8, 4) is 0 Å². The molecule has 3 rings (SSSR count). The monoisotopic (exact) mass is 360 g/mol. The molecule has 26 heavy (non-hydrogen) atoms. The van der Waals surface area contributed by atoms with Gasteiger partial charge in [0, 0.05) is 51.9 Å². The van der Waals surface area contributed by atoms with Crippen LogP contribution in [0.15, 0.2) is 18.3 Å². The van der Waals surface area contributed by atoms with Crippen molar-refractivity contribution in [2.45, 2.75) is 51.9 Å². The lowest BCUT2D eigenvalue weighted by atomic mass is 10.2. The molecule has 1 aliphatic rings. The first-order valence-electron chi connectivity index (χ1n) is 9.18. The second kappa shape index (κ2) is 8.01. The second-order valence-corrected chi connectivity index (χ2v) is 7.17. The standard InChI is InChI=1S/C18H28N6O2/c1-13(2)20-17(25)6-10-23-8-4-9-24-14(12-23)11-15(21-24)18(26)16-5-7-19-22(16)3/h5,7,11,13,18,26H,4,6,8-10,12H2,1-3H3,(H,20,25)/t18-/m1/s1. The van der Waals surface area contributed by atoms with E-state index < -0.39 is 6.10 Å². The van der Waals surface area contributed by atoms with E-state index in [1.807, 2.05) is 31.6 Å². The maximum absolute atomic E-state index is 11.9. The normalized spacial score (nSPS) is 16.3. The Morgan fingerprint density at radius 1 is 1.38 bits per heavy atom. The van der Waals surface area contributed by atoms with Crippen molar-refractivity contribution in [2.75, 3.05) is 13.1 Å². The Morgan fingerprint density at radius 2 is 2.19 bits per heavy atom. The zero-order valence-corrected chi connectivity index (χ0v) is 15.7. The summed E-state index contributed by atoms with van der Waals surface area (Å²) < 4.78 is 3.64. The molecule has 0 spiro atoms. The van der Waals surface area contributed by atoms with Crippen LogP contribution in [0.1, 0.15) is 49.9 Å². The van der Waals surface area contributed by atoms with Gasteiger partial charge in [0.05, 0.1) is 17.1 Å². The first kappa shape index (κ1) is 18.6. The molecule has 142 valence electrons. The van der Waals surface area contributed by atoms with Crippen molar-refractivity contribution in [1.82, 2.24) is 29.8 Å². The summed E-state index contributed by atoms with van der Waals surface area (Å²) in [5.74, 6) is 0.0880. The molecule has 2 aromatic heterocycles. The average molecular weight is 360 g/mol. The third kappa shape index (κ3) is 4.31. The van der Waals surface area contributed by atoms with Crippen molar-refractivity contribution in [2.24, 2.45) is 7.05 Å². The summed E-state index contributed by atoms with van der Waals surface area (Å²) >= 11 is 0. The molecule has 0 radical (unpaired) electrons. The Morgan fingerprint density at radius 3 is 2.88 bits per heavy atom. The van der Waals surface area contributed by atoms with Crippen LogP contribution in [0.25, 0.3) is 0 Å². The molecular formula is C18H28N6O2. The minimum atomic E-state index is -0.785. The minimum absolute atomic E-state index is 0.0880. The van der Waals surface area contributed by atoms with Gasteiger partial charge in [-0.3, -0.25) is 19.1 Å². The third-order valence-electron chi connectivity index (χ3n) is 4.64. The summed E-state index contributed by atoms with van der Waals surface area (Å²) in [6.45, 7) is 7.17. The van der Waals surface area contributed by atoms with Crippen LogP contribution in [0.5, 0.6) is 0 Å². The lowest BCUT2D eigenvalue weighted by Gasteiger charge is -2.19. The van der Waals surface area contributed by atoms with E-state index in [0.29, 0.717) is 12.1 Å². The first-order valence-corrected chi connectivity index (χ1v) is 9.18. The molecular weight excluding hydrogens is 332 g/mol. The molecule has 3 heterocycles. The van der Waals surface area contributed by atoms with Gasteiger partial charge in [-0.25, -0.2) is 0 Å². The van der Waals surface area contributed by atoms with Gasteiger partial charge in [-0.2, -0.15) is 10.2 Å². The van der Waals surface area contributed by atoms with Crippen molar-refractivity contribution in [1.29, 1.82) is 0 Å². The zero-order chi connectivity index (χ0) is 18.7. The molecule has 0 unspecified atom stereocenters. The number of aryl methyl sites for hydroxylation is 2. The highest BCUT2D eigenvalue weighted by molar-refractivity contribution is 5.76. The summed E-state index contributed by atoms with van der Waals surface area (Å²) in [6.07, 6.45) is 2.36.